The number of nitrogens with one attached hydrogen (secondary N) is 1. The van der Waals surface area contributed by atoms with Crippen LogP contribution in [-0.2, 0) is 9.59 Å². The molecule has 2 aromatic carbocycles. The maximum atomic E-state index is 14.0. The third kappa shape index (κ3) is 5.90. The number of nitrogens with zero attached hydrogens (tertiary/aromatic N) is 2. The van der Waals surface area contributed by atoms with Crippen LogP contribution in [0.2, 0.25) is 5.02 Å². The minimum absolute atomic E-state index is 0.0473. The minimum atomic E-state index is -0.976. The summed E-state index contributed by atoms with van der Waals surface area (Å²) in [7, 11) is 0. The molecule has 2 aliphatic rings. The molecule has 0 bridgehead atoms. The average molecular weight is 542 g/mol. The highest BCUT2D eigenvalue weighted by molar-refractivity contribution is 6.47. The van der Waals surface area contributed by atoms with Crippen molar-refractivity contribution in [3.8, 4) is 0 Å². The first-order chi connectivity index (χ1) is 18.3. The van der Waals surface area contributed by atoms with Crippen LogP contribution in [0.25, 0.3) is 0 Å². The Labute approximate surface area is 227 Å². The molecule has 202 valence electrons. The number of aliphatic imine (C=N–C) groups is 1. The molecule has 4 rings (SSSR count). The number of hydrogen-bond donors (Lipinski definition) is 2. The molecule has 2 amide bonds. The number of amides is 2. The van der Waals surface area contributed by atoms with Gasteiger partial charge in [0.15, 0.2) is 0 Å². The Morgan fingerprint density at radius 2 is 1.87 bits per heavy atom. The number of hydrogen-bond acceptors (Lipinski definition) is 4. The van der Waals surface area contributed by atoms with E-state index >= 15 is 0 Å². The van der Waals surface area contributed by atoms with Crippen molar-refractivity contribution in [2.45, 2.75) is 76.4 Å². The topological polar surface area (TPSA) is 99.1 Å². The highest BCUT2D eigenvalue weighted by atomic mass is 35.5. The number of rotatable bonds is 10. The Bertz CT molecular complexity index is 1220. The first-order valence-electron chi connectivity index (χ1n) is 13.2. The zero-order chi connectivity index (χ0) is 27.3. The fourth-order valence-corrected chi connectivity index (χ4v) is 5.61. The van der Waals surface area contributed by atoms with E-state index < -0.39 is 17.4 Å². The van der Waals surface area contributed by atoms with E-state index in [9.17, 15) is 18.8 Å². The van der Waals surface area contributed by atoms with Gasteiger partial charge in [0.2, 0.25) is 0 Å². The summed E-state index contributed by atoms with van der Waals surface area (Å²) in [6.07, 6.45) is 6.96. The lowest BCUT2D eigenvalue weighted by Crippen LogP contribution is -2.50. The second kappa shape index (κ2) is 12.1. The van der Waals surface area contributed by atoms with Gasteiger partial charge in [-0.2, -0.15) is 0 Å². The Morgan fingerprint density at radius 1 is 1.16 bits per heavy atom. The van der Waals surface area contributed by atoms with Gasteiger partial charge in [-0.05, 0) is 68.0 Å². The molecule has 0 aromatic heterocycles. The Kier molecular flexibility index (Phi) is 8.82. The summed E-state index contributed by atoms with van der Waals surface area (Å²) in [5, 5.41) is 11.4. The fraction of sp³-hybridized carbons (Fsp3) is 0.448. The van der Waals surface area contributed by atoms with Crippen LogP contribution in [0.5, 0.6) is 0 Å². The van der Waals surface area contributed by atoms with Crippen molar-refractivity contribution in [1.29, 1.82) is 0 Å². The van der Waals surface area contributed by atoms with Gasteiger partial charge in [0.05, 0.1) is 17.5 Å². The lowest BCUT2D eigenvalue weighted by molar-refractivity contribution is -0.137. The van der Waals surface area contributed by atoms with Gasteiger partial charge in [-0.3, -0.25) is 19.4 Å². The van der Waals surface area contributed by atoms with Crippen LogP contribution in [0.15, 0.2) is 47.5 Å². The van der Waals surface area contributed by atoms with Crippen molar-refractivity contribution in [1.82, 2.24) is 10.2 Å². The van der Waals surface area contributed by atoms with Crippen LogP contribution in [0, 0.1) is 5.82 Å². The molecule has 2 N–H and O–H groups in total. The summed E-state index contributed by atoms with van der Waals surface area (Å²) in [6, 6.07) is 11.2. The number of carboxylic acid groups (broad SMARTS) is 1. The van der Waals surface area contributed by atoms with E-state index in [2.05, 4.69) is 12.2 Å². The lowest BCUT2D eigenvalue weighted by Gasteiger charge is -2.44. The fourth-order valence-electron chi connectivity index (χ4n) is 5.43. The van der Waals surface area contributed by atoms with Crippen molar-refractivity contribution < 1.29 is 23.9 Å². The molecule has 9 heteroatoms. The molecule has 2 aromatic rings. The van der Waals surface area contributed by atoms with Crippen LogP contribution >= 0.6 is 11.6 Å². The van der Waals surface area contributed by atoms with Crippen LogP contribution in [0.4, 0.5) is 4.39 Å². The van der Waals surface area contributed by atoms with Crippen molar-refractivity contribution >= 4 is 35.1 Å². The highest BCUT2D eigenvalue weighted by Gasteiger charge is 2.50. The zero-order valence-electron chi connectivity index (χ0n) is 21.5. The number of aliphatic carboxylic acids is 1. The standard InChI is InChI=1S/C29H33ClFN3O4/c1-2-3-7-24(19-8-10-20(11-9-19)27(37)32-17-14-25(35)36)34-28(38)26(21-12-13-23(31)22(30)18-21)33-29(34)15-5-4-6-16-29/h8-13,18,24H,2-7,14-17H2,1H3,(H,32,37)(H,35,36)/t24-/m1/s1. The van der Waals surface area contributed by atoms with Crippen LogP contribution in [-0.4, -0.2) is 45.7 Å². The predicted molar refractivity (Wildman–Crippen MR) is 144 cm³/mol. The maximum absolute atomic E-state index is 14.0. The summed E-state index contributed by atoms with van der Waals surface area (Å²) in [5.41, 5.74) is 1.48. The van der Waals surface area contributed by atoms with E-state index in [4.69, 9.17) is 21.7 Å². The van der Waals surface area contributed by atoms with Gasteiger partial charge >= 0.3 is 5.97 Å². The number of unbranched alkanes of at least 4 members (excludes halogenated alkanes) is 1. The van der Waals surface area contributed by atoms with Crippen LogP contribution in [0.3, 0.4) is 0 Å². The van der Waals surface area contributed by atoms with Gasteiger partial charge in [-0.1, -0.05) is 49.9 Å². The largest absolute Gasteiger partial charge is 0.481 e. The third-order valence-electron chi connectivity index (χ3n) is 7.36. The summed E-state index contributed by atoms with van der Waals surface area (Å²) < 4.78 is 13.9. The number of carboxylic acids is 1. The van der Waals surface area contributed by atoms with E-state index in [1.165, 1.54) is 12.1 Å². The highest BCUT2D eigenvalue weighted by Crippen LogP contribution is 2.45. The molecule has 1 spiro atoms. The molecule has 38 heavy (non-hydrogen) atoms. The summed E-state index contributed by atoms with van der Waals surface area (Å²) in [5.74, 6) is -2.05. The smallest absolute Gasteiger partial charge is 0.305 e. The summed E-state index contributed by atoms with van der Waals surface area (Å²) in [4.78, 5) is 44.2. The van der Waals surface area contributed by atoms with Crippen molar-refractivity contribution in [3.63, 3.8) is 0 Å². The first kappa shape index (κ1) is 27.8. The number of carbonyl (C=O) groups excluding carboxylic acids is 2. The SMILES string of the molecule is CCCC[C@H](c1ccc(C(=O)NCCC(=O)O)cc1)N1C(=O)C(c2ccc(F)c(Cl)c2)=NC12CCCCC2. The second-order valence-electron chi connectivity index (χ2n) is 9.99. The van der Waals surface area contributed by atoms with Crippen LogP contribution < -0.4 is 5.32 Å². The monoisotopic (exact) mass is 541 g/mol. The summed E-state index contributed by atoms with van der Waals surface area (Å²) >= 11 is 6.05. The van der Waals surface area contributed by atoms with Crippen molar-refractivity contribution in [3.05, 3.63) is 70.0 Å². The predicted octanol–water partition coefficient (Wildman–Crippen LogP) is 5.91. The van der Waals surface area contributed by atoms with Gasteiger partial charge in [0.25, 0.3) is 11.8 Å². The molecule has 1 heterocycles. The third-order valence-corrected chi connectivity index (χ3v) is 7.65. The molecule has 1 atom stereocenters. The lowest BCUT2D eigenvalue weighted by atomic mass is 9.86. The molecule has 1 aliphatic heterocycles. The molecular formula is C29H33ClFN3O4. The van der Waals surface area contributed by atoms with E-state index in [1.807, 2.05) is 17.0 Å². The van der Waals surface area contributed by atoms with E-state index in [1.54, 1.807) is 18.2 Å². The maximum Gasteiger partial charge on any atom is 0.305 e. The molecule has 1 aliphatic carbocycles. The van der Waals surface area contributed by atoms with E-state index in [-0.39, 0.29) is 35.8 Å². The Hall–Kier alpha value is -3.26. The minimum Gasteiger partial charge on any atom is -0.481 e. The second-order valence-corrected chi connectivity index (χ2v) is 10.4. The van der Waals surface area contributed by atoms with E-state index in [0.29, 0.717) is 16.8 Å². The van der Waals surface area contributed by atoms with Crippen LogP contribution in [0.1, 0.15) is 92.2 Å². The average Bonchev–Trinajstić information content (AvgIpc) is 3.17. The molecule has 0 saturated heterocycles. The zero-order valence-corrected chi connectivity index (χ0v) is 22.3. The summed E-state index contributed by atoms with van der Waals surface area (Å²) in [6.45, 7) is 2.15. The molecule has 1 saturated carbocycles. The number of halogens is 2. The van der Waals surface area contributed by atoms with Gasteiger partial charge in [-0.15, -0.1) is 0 Å². The Morgan fingerprint density at radius 3 is 2.50 bits per heavy atom. The number of carbonyl (C=O) groups is 3. The van der Waals surface area contributed by atoms with E-state index in [0.717, 1.165) is 56.9 Å². The van der Waals surface area contributed by atoms with Gasteiger partial charge < -0.3 is 15.3 Å². The molecule has 1 fully saturated rings. The Balaban J connectivity index is 1.66. The molecular weight excluding hydrogens is 509 g/mol. The molecule has 7 nitrogen and oxygen atoms in total. The first-order valence-corrected chi connectivity index (χ1v) is 13.6. The van der Waals surface area contributed by atoms with Crippen molar-refractivity contribution in [2.24, 2.45) is 4.99 Å². The number of benzene rings is 2. The molecule has 0 radical (unpaired) electrons. The van der Waals surface area contributed by atoms with Crippen molar-refractivity contribution in [2.75, 3.05) is 6.54 Å². The normalized spacial score (nSPS) is 17.4. The van der Waals surface area contributed by atoms with Gasteiger partial charge in [0, 0.05) is 17.7 Å². The van der Waals surface area contributed by atoms with Gasteiger partial charge in [0.1, 0.15) is 17.2 Å². The molecule has 0 unspecified atom stereocenters. The van der Waals surface area contributed by atoms with Gasteiger partial charge in [-0.25, -0.2) is 4.39 Å². The quantitative estimate of drug-likeness (QED) is 0.391.